The van der Waals surface area contributed by atoms with Gasteiger partial charge in [0.1, 0.15) is 0 Å². The monoisotopic (exact) mass is 378 g/mol. The number of carbonyl (C=O) groups is 1. The van der Waals surface area contributed by atoms with Gasteiger partial charge in [0.05, 0.1) is 5.60 Å². The molecule has 156 valence electrons. The van der Waals surface area contributed by atoms with Gasteiger partial charge in [0.25, 0.3) is 0 Å². The zero-order valence-electron chi connectivity index (χ0n) is 18.3. The summed E-state index contributed by atoms with van der Waals surface area (Å²) >= 11 is 0. The van der Waals surface area contributed by atoms with E-state index < -0.39 is 5.60 Å². The Bertz CT molecular complexity index is 536. The summed E-state index contributed by atoms with van der Waals surface area (Å²) < 4.78 is 0. The predicted molar refractivity (Wildman–Crippen MR) is 111 cm³/mol. The van der Waals surface area contributed by atoms with Gasteiger partial charge in [-0.05, 0) is 87.5 Å². The van der Waals surface area contributed by atoms with E-state index in [2.05, 4.69) is 20.8 Å². The zero-order valence-corrected chi connectivity index (χ0v) is 18.3. The largest absolute Gasteiger partial charge is 0.396 e. The van der Waals surface area contributed by atoms with Crippen LogP contribution < -0.4 is 0 Å². The fourth-order valence-electron chi connectivity index (χ4n) is 5.90. The minimum atomic E-state index is -0.793. The lowest BCUT2D eigenvalue weighted by atomic mass is 9.63. The lowest BCUT2D eigenvalue weighted by Gasteiger charge is -2.44. The second-order valence-corrected chi connectivity index (χ2v) is 9.95. The molecule has 0 aromatic rings. The molecular formula is C24H42O3. The molecule has 2 aliphatic carbocycles. The van der Waals surface area contributed by atoms with E-state index in [1.54, 1.807) is 0 Å². The van der Waals surface area contributed by atoms with Crippen molar-refractivity contribution in [2.45, 2.75) is 98.0 Å². The van der Waals surface area contributed by atoms with Crippen LogP contribution in [0.15, 0.2) is 11.6 Å². The van der Waals surface area contributed by atoms with E-state index in [-0.39, 0.29) is 23.7 Å². The highest BCUT2D eigenvalue weighted by atomic mass is 16.3. The molecule has 3 heteroatoms. The highest BCUT2D eigenvalue weighted by molar-refractivity contribution is 5.90. The minimum absolute atomic E-state index is 0.00794. The molecule has 0 radical (unpaired) electrons. The maximum Gasteiger partial charge on any atom is 0.155 e. The van der Waals surface area contributed by atoms with Gasteiger partial charge in [-0.25, -0.2) is 0 Å². The van der Waals surface area contributed by atoms with Gasteiger partial charge in [0, 0.05) is 18.9 Å². The molecule has 0 amide bonds. The Morgan fingerprint density at radius 3 is 2.59 bits per heavy atom. The summed E-state index contributed by atoms with van der Waals surface area (Å²) in [4.78, 5) is 12.2. The molecule has 0 spiro atoms. The maximum absolute atomic E-state index is 12.2. The quantitative estimate of drug-likeness (QED) is 0.639. The molecule has 0 saturated heterocycles. The molecule has 2 rings (SSSR count). The van der Waals surface area contributed by atoms with Crippen LogP contribution in [0.3, 0.4) is 0 Å². The van der Waals surface area contributed by atoms with Gasteiger partial charge >= 0.3 is 0 Å². The first kappa shape index (κ1) is 22.6. The molecule has 27 heavy (non-hydrogen) atoms. The van der Waals surface area contributed by atoms with Crippen LogP contribution in [0.5, 0.6) is 0 Å². The van der Waals surface area contributed by atoms with Gasteiger partial charge < -0.3 is 10.2 Å². The van der Waals surface area contributed by atoms with Crippen LogP contribution in [0.2, 0.25) is 0 Å². The van der Waals surface area contributed by atoms with Crippen LogP contribution >= 0.6 is 0 Å². The third-order valence-electron chi connectivity index (χ3n) is 8.10. The van der Waals surface area contributed by atoms with E-state index in [9.17, 15) is 15.0 Å². The zero-order chi connectivity index (χ0) is 20.2. The molecule has 0 heterocycles. The van der Waals surface area contributed by atoms with Crippen molar-refractivity contribution < 1.29 is 15.0 Å². The Hall–Kier alpha value is -0.670. The summed E-state index contributed by atoms with van der Waals surface area (Å²) in [5, 5.41) is 21.0. The van der Waals surface area contributed by atoms with Crippen LogP contribution in [0.25, 0.3) is 0 Å². The normalized spacial score (nSPS) is 40.6. The van der Waals surface area contributed by atoms with E-state index in [0.29, 0.717) is 24.2 Å². The van der Waals surface area contributed by atoms with Crippen LogP contribution in [-0.4, -0.2) is 28.2 Å². The van der Waals surface area contributed by atoms with E-state index >= 15 is 0 Å². The highest BCUT2D eigenvalue weighted by Gasteiger charge is 2.49. The number of allylic oxidation sites excluding steroid dienone is 1. The Kier molecular flexibility index (Phi) is 7.72. The lowest BCUT2D eigenvalue weighted by molar-refractivity contribution is -0.114. The van der Waals surface area contributed by atoms with Crippen LogP contribution in [0.4, 0.5) is 0 Å². The second-order valence-electron chi connectivity index (χ2n) is 9.95. The number of aliphatic hydroxyl groups excluding tert-OH is 1. The summed E-state index contributed by atoms with van der Waals surface area (Å²) in [5.41, 5.74) is 0.546. The average molecular weight is 379 g/mol. The molecule has 0 bridgehead atoms. The molecule has 0 aliphatic heterocycles. The van der Waals surface area contributed by atoms with Gasteiger partial charge in [-0.2, -0.15) is 0 Å². The van der Waals surface area contributed by atoms with Crippen LogP contribution in [0.1, 0.15) is 92.4 Å². The maximum atomic E-state index is 12.2. The SMILES string of the molecule is CCCC(=O)/C=C1/CCCC2CC[C@H]([C@H](C)CO)[C@@]2(C)CC[C@](C)(O)[C@@H]1C. The molecule has 0 aromatic carbocycles. The summed E-state index contributed by atoms with van der Waals surface area (Å²) in [6.07, 6.45) is 10.7. The van der Waals surface area contributed by atoms with Crippen molar-refractivity contribution >= 4 is 5.78 Å². The molecule has 6 atom stereocenters. The summed E-state index contributed by atoms with van der Waals surface area (Å²) in [6, 6.07) is 0. The Labute approximate surface area is 166 Å². The minimum Gasteiger partial charge on any atom is -0.396 e. The van der Waals surface area contributed by atoms with E-state index in [1.807, 2.05) is 19.9 Å². The number of hydrogen-bond acceptors (Lipinski definition) is 3. The van der Waals surface area contributed by atoms with Crippen molar-refractivity contribution in [3.8, 4) is 0 Å². The van der Waals surface area contributed by atoms with Gasteiger partial charge in [-0.1, -0.05) is 33.3 Å². The summed E-state index contributed by atoms with van der Waals surface area (Å²) in [7, 11) is 0. The van der Waals surface area contributed by atoms with Gasteiger partial charge in [-0.3, -0.25) is 4.79 Å². The first-order valence-corrected chi connectivity index (χ1v) is 11.2. The Balaban J connectivity index is 2.26. The number of aliphatic hydroxyl groups is 2. The summed E-state index contributed by atoms with van der Waals surface area (Å²) in [5.74, 6) is 1.74. The molecular weight excluding hydrogens is 336 g/mol. The smallest absolute Gasteiger partial charge is 0.155 e. The van der Waals surface area contributed by atoms with Gasteiger partial charge in [-0.15, -0.1) is 0 Å². The van der Waals surface area contributed by atoms with E-state index in [4.69, 9.17) is 0 Å². The number of hydrogen-bond donors (Lipinski definition) is 2. The van der Waals surface area contributed by atoms with Crippen molar-refractivity contribution in [3.05, 3.63) is 11.6 Å². The second kappa shape index (κ2) is 9.22. The number of rotatable bonds is 5. The van der Waals surface area contributed by atoms with E-state index in [1.165, 1.54) is 19.3 Å². The lowest BCUT2D eigenvalue weighted by Crippen LogP contribution is -2.40. The number of ketones is 1. The fourth-order valence-corrected chi connectivity index (χ4v) is 5.90. The topological polar surface area (TPSA) is 57.5 Å². The molecule has 3 nitrogen and oxygen atoms in total. The third kappa shape index (κ3) is 5.03. The fraction of sp³-hybridized carbons (Fsp3) is 0.875. The highest BCUT2D eigenvalue weighted by Crippen LogP contribution is 2.56. The first-order valence-electron chi connectivity index (χ1n) is 11.2. The van der Waals surface area contributed by atoms with Crippen LogP contribution in [0, 0.1) is 29.1 Å². The average Bonchev–Trinajstić information content (AvgIpc) is 2.94. The predicted octanol–water partition coefficient (Wildman–Crippen LogP) is 5.29. The molecule has 1 unspecified atom stereocenters. The molecule has 0 aromatic heterocycles. The van der Waals surface area contributed by atoms with Crippen molar-refractivity contribution in [1.29, 1.82) is 0 Å². The number of fused-ring (bicyclic) bond motifs is 1. The van der Waals surface area contributed by atoms with Crippen LogP contribution in [-0.2, 0) is 4.79 Å². The molecule has 2 fully saturated rings. The third-order valence-corrected chi connectivity index (χ3v) is 8.10. The molecule has 2 N–H and O–H groups in total. The molecule has 2 saturated carbocycles. The first-order chi connectivity index (χ1) is 12.7. The number of carbonyl (C=O) groups excluding carboxylic acids is 1. The van der Waals surface area contributed by atoms with E-state index in [0.717, 1.165) is 37.7 Å². The Morgan fingerprint density at radius 2 is 1.96 bits per heavy atom. The summed E-state index contributed by atoms with van der Waals surface area (Å²) in [6.45, 7) is 10.9. The van der Waals surface area contributed by atoms with Gasteiger partial charge in [0.15, 0.2) is 5.78 Å². The molecule has 2 aliphatic rings. The standard InChI is InChI=1S/C24H42O3/c1-6-8-21(26)15-19-9-7-10-20-11-12-22(17(2)16-25)23(20,4)13-14-24(5,27)18(19)3/h15,17-18,20,22,25,27H,6-14,16H2,1-5H3/b19-15-/t17-,18-,20?,22-,23+,24+/m1/s1. The Morgan fingerprint density at radius 1 is 1.26 bits per heavy atom. The van der Waals surface area contributed by atoms with Gasteiger partial charge in [0.2, 0.25) is 0 Å². The van der Waals surface area contributed by atoms with Crippen molar-refractivity contribution in [2.24, 2.45) is 29.1 Å². The van der Waals surface area contributed by atoms with Crippen molar-refractivity contribution in [1.82, 2.24) is 0 Å². The van der Waals surface area contributed by atoms with Crippen molar-refractivity contribution in [3.63, 3.8) is 0 Å². The van der Waals surface area contributed by atoms with Crippen molar-refractivity contribution in [2.75, 3.05) is 6.61 Å².